The summed E-state index contributed by atoms with van der Waals surface area (Å²) in [6.45, 7) is 4.52. The van der Waals surface area contributed by atoms with E-state index in [4.69, 9.17) is 5.26 Å². The number of aromatic nitrogens is 2. The minimum atomic E-state index is 0.182. The van der Waals surface area contributed by atoms with E-state index in [9.17, 15) is 5.11 Å². The van der Waals surface area contributed by atoms with Crippen molar-refractivity contribution in [2.24, 2.45) is 0 Å². The zero-order valence-corrected chi connectivity index (χ0v) is 10.8. The fourth-order valence-electron chi connectivity index (χ4n) is 1.93. The van der Waals surface area contributed by atoms with Crippen molar-refractivity contribution in [2.75, 3.05) is 11.4 Å². The molecular formula is C14H14N4O. The van der Waals surface area contributed by atoms with E-state index in [1.807, 2.05) is 24.8 Å². The zero-order valence-electron chi connectivity index (χ0n) is 10.8. The molecule has 0 atom stereocenters. The fourth-order valence-corrected chi connectivity index (χ4v) is 1.93. The summed E-state index contributed by atoms with van der Waals surface area (Å²) in [5.74, 6) is 0.683. The van der Waals surface area contributed by atoms with Gasteiger partial charge in [0.15, 0.2) is 5.82 Å². The minimum Gasteiger partial charge on any atom is -0.508 e. The molecule has 96 valence electrons. The summed E-state index contributed by atoms with van der Waals surface area (Å²) in [6.07, 6.45) is 1.49. The van der Waals surface area contributed by atoms with Crippen LogP contribution >= 0.6 is 0 Å². The summed E-state index contributed by atoms with van der Waals surface area (Å²) < 4.78 is 0. The molecule has 0 unspecified atom stereocenters. The highest BCUT2D eigenvalue weighted by Gasteiger charge is 2.16. The van der Waals surface area contributed by atoms with Gasteiger partial charge in [0.2, 0.25) is 0 Å². The molecule has 0 spiro atoms. The van der Waals surface area contributed by atoms with E-state index in [1.165, 1.54) is 6.20 Å². The molecule has 0 radical (unpaired) electrons. The SMILES string of the molecule is CCN(c1cc(O)ccc1C)c1nnccc1C#N. The monoisotopic (exact) mass is 254 g/mol. The van der Waals surface area contributed by atoms with Crippen LogP contribution in [0.15, 0.2) is 30.5 Å². The summed E-state index contributed by atoms with van der Waals surface area (Å²) >= 11 is 0. The van der Waals surface area contributed by atoms with Gasteiger partial charge in [-0.2, -0.15) is 10.4 Å². The van der Waals surface area contributed by atoms with Gasteiger partial charge in [0, 0.05) is 18.3 Å². The number of hydrogen-bond donors (Lipinski definition) is 1. The van der Waals surface area contributed by atoms with E-state index in [1.54, 1.807) is 18.2 Å². The number of aromatic hydroxyl groups is 1. The lowest BCUT2D eigenvalue weighted by Crippen LogP contribution is -2.20. The number of nitrogens with zero attached hydrogens (tertiary/aromatic N) is 4. The first-order valence-electron chi connectivity index (χ1n) is 5.96. The molecule has 0 aliphatic rings. The molecule has 0 saturated carbocycles. The van der Waals surface area contributed by atoms with Crippen LogP contribution in [0.5, 0.6) is 5.75 Å². The summed E-state index contributed by atoms with van der Waals surface area (Å²) in [4.78, 5) is 1.86. The van der Waals surface area contributed by atoms with E-state index in [2.05, 4.69) is 16.3 Å². The van der Waals surface area contributed by atoms with Crippen molar-refractivity contribution in [3.63, 3.8) is 0 Å². The van der Waals surface area contributed by atoms with Gasteiger partial charge in [0.05, 0.1) is 11.8 Å². The number of phenolic OH excluding ortho intramolecular Hbond substituents is 1. The van der Waals surface area contributed by atoms with Crippen molar-refractivity contribution in [2.45, 2.75) is 13.8 Å². The Hall–Kier alpha value is -2.61. The summed E-state index contributed by atoms with van der Waals surface area (Å²) in [6, 6.07) is 8.86. The quantitative estimate of drug-likeness (QED) is 0.911. The van der Waals surface area contributed by atoms with Crippen LogP contribution < -0.4 is 4.90 Å². The lowest BCUT2D eigenvalue weighted by atomic mass is 10.1. The first-order valence-corrected chi connectivity index (χ1v) is 5.96. The van der Waals surface area contributed by atoms with Gasteiger partial charge in [-0.3, -0.25) is 0 Å². The van der Waals surface area contributed by atoms with E-state index in [0.29, 0.717) is 17.9 Å². The second-order valence-electron chi connectivity index (χ2n) is 4.10. The maximum Gasteiger partial charge on any atom is 0.173 e. The third-order valence-corrected chi connectivity index (χ3v) is 2.88. The predicted molar refractivity (Wildman–Crippen MR) is 72.3 cm³/mol. The normalized spacial score (nSPS) is 9.95. The van der Waals surface area contributed by atoms with E-state index >= 15 is 0 Å². The van der Waals surface area contributed by atoms with Crippen molar-refractivity contribution >= 4 is 11.5 Å². The van der Waals surface area contributed by atoms with Gasteiger partial charge in [-0.15, -0.1) is 5.10 Å². The number of hydrogen-bond acceptors (Lipinski definition) is 5. The van der Waals surface area contributed by atoms with Crippen molar-refractivity contribution in [1.82, 2.24) is 10.2 Å². The molecule has 1 aromatic heterocycles. The van der Waals surface area contributed by atoms with Gasteiger partial charge in [-0.25, -0.2) is 0 Å². The minimum absolute atomic E-state index is 0.182. The second kappa shape index (κ2) is 5.36. The van der Waals surface area contributed by atoms with Gasteiger partial charge in [-0.05, 0) is 31.5 Å². The van der Waals surface area contributed by atoms with Gasteiger partial charge in [-0.1, -0.05) is 6.07 Å². The third-order valence-electron chi connectivity index (χ3n) is 2.88. The van der Waals surface area contributed by atoms with Crippen LogP contribution in [-0.4, -0.2) is 21.8 Å². The average molecular weight is 254 g/mol. The van der Waals surface area contributed by atoms with Crippen molar-refractivity contribution in [1.29, 1.82) is 5.26 Å². The molecular weight excluding hydrogens is 240 g/mol. The molecule has 0 aliphatic carbocycles. The van der Waals surface area contributed by atoms with Crippen molar-refractivity contribution in [3.05, 3.63) is 41.6 Å². The lowest BCUT2D eigenvalue weighted by molar-refractivity contribution is 0.475. The number of nitriles is 1. The van der Waals surface area contributed by atoms with Crippen LogP contribution in [0.25, 0.3) is 0 Å². The Morgan fingerprint density at radius 1 is 1.37 bits per heavy atom. The maximum atomic E-state index is 9.63. The fraction of sp³-hybridized carbons (Fsp3) is 0.214. The van der Waals surface area contributed by atoms with Gasteiger partial charge in [0.25, 0.3) is 0 Å². The molecule has 1 aromatic carbocycles. The van der Waals surface area contributed by atoms with E-state index < -0.39 is 0 Å². The van der Waals surface area contributed by atoms with Gasteiger partial charge >= 0.3 is 0 Å². The van der Waals surface area contributed by atoms with Crippen LogP contribution in [0.3, 0.4) is 0 Å². The topological polar surface area (TPSA) is 73.0 Å². The number of rotatable bonds is 3. The van der Waals surface area contributed by atoms with Crippen LogP contribution in [0, 0.1) is 18.3 Å². The molecule has 5 nitrogen and oxygen atoms in total. The molecule has 0 bridgehead atoms. The summed E-state index contributed by atoms with van der Waals surface area (Å²) in [5.41, 5.74) is 2.27. The molecule has 0 fully saturated rings. The van der Waals surface area contributed by atoms with Crippen molar-refractivity contribution < 1.29 is 5.11 Å². The highest BCUT2D eigenvalue weighted by Crippen LogP contribution is 2.31. The van der Waals surface area contributed by atoms with Crippen LogP contribution in [0.2, 0.25) is 0 Å². The second-order valence-corrected chi connectivity index (χ2v) is 4.10. The first-order chi connectivity index (χ1) is 9.17. The van der Waals surface area contributed by atoms with Gasteiger partial charge < -0.3 is 10.0 Å². The molecule has 0 aliphatic heterocycles. The Morgan fingerprint density at radius 2 is 2.16 bits per heavy atom. The number of phenols is 1. The van der Waals surface area contributed by atoms with Gasteiger partial charge in [0.1, 0.15) is 11.8 Å². The molecule has 2 aromatic rings. The Labute approximate surface area is 111 Å². The maximum absolute atomic E-state index is 9.63. The zero-order chi connectivity index (χ0) is 13.8. The van der Waals surface area contributed by atoms with Crippen LogP contribution in [0.1, 0.15) is 18.1 Å². The predicted octanol–water partition coefficient (Wildman–Crippen LogP) is 2.52. The van der Waals surface area contributed by atoms with Crippen LogP contribution in [0.4, 0.5) is 11.5 Å². The number of anilines is 2. The molecule has 0 saturated heterocycles. The molecule has 2 rings (SSSR count). The molecule has 19 heavy (non-hydrogen) atoms. The van der Waals surface area contributed by atoms with E-state index in [0.717, 1.165) is 11.3 Å². The number of aryl methyl sites for hydroxylation is 1. The molecule has 1 heterocycles. The van der Waals surface area contributed by atoms with E-state index in [-0.39, 0.29) is 5.75 Å². The smallest absolute Gasteiger partial charge is 0.173 e. The highest BCUT2D eigenvalue weighted by molar-refractivity contribution is 5.68. The lowest BCUT2D eigenvalue weighted by Gasteiger charge is -2.24. The summed E-state index contributed by atoms with van der Waals surface area (Å²) in [5, 5.41) is 26.6. The standard InChI is InChI=1S/C14H14N4O/c1-3-18(13-8-12(19)5-4-10(13)2)14-11(9-15)6-7-16-17-14/h4-8,19H,3H2,1-2H3. The molecule has 5 heteroatoms. The van der Waals surface area contributed by atoms with Crippen molar-refractivity contribution in [3.8, 4) is 11.8 Å². The Bertz CT molecular complexity index is 634. The Morgan fingerprint density at radius 3 is 2.84 bits per heavy atom. The highest BCUT2D eigenvalue weighted by atomic mass is 16.3. The molecule has 0 amide bonds. The third kappa shape index (κ3) is 2.47. The Balaban J connectivity index is 2.57. The van der Waals surface area contributed by atoms with Crippen LogP contribution in [-0.2, 0) is 0 Å². The number of benzene rings is 1. The first kappa shape index (κ1) is 12.8. The summed E-state index contributed by atoms with van der Waals surface area (Å²) in [7, 11) is 0. The average Bonchev–Trinajstić information content (AvgIpc) is 2.44. The Kier molecular flexibility index (Phi) is 3.62. The molecule has 1 N–H and O–H groups in total. The largest absolute Gasteiger partial charge is 0.508 e.